The molecule has 0 aromatic carbocycles. The second-order valence-electron chi connectivity index (χ2n) is 6.67. The van der Waals surface area contributed by atoms with E-state index in [0.717, 1.165) is 31.7 Å². The molecular formula is C18H22F3N5O. The molecule has 3 aromatic rings. The van der Waals surface area contributed by atoms with E-state index in [1.54, 1.807) is 12.1 Å². The monoisotopic (exact) mass is 381 g/mol. The van der Waals surface area contributed by atoms with Crippen LogP contribution in [0.3, 0.4) is 0 Å². The van der Waals surface area contributed by atoms with Crippen LogP contribution in [-0.4, -0.2) is 32.3 Å². The molecule has 0 atom stereocenters. The maximum Gasteiger partial charge on any atom is 0.418 e. The highest BCUT2D eigenvalue weighted by Gasteiger charge is 2.36. The molecule has 3 N–H and O–H groups in total. The van der Waals surface area contributed by atoms with E-state index < -0.39 is 11.7 Å². The fourth-order valence-electron chi connectivity index (χ4n) is 3.33. The summed E-state index contributed by atoms with van der Waals surface area (Å²) in [7, 11) is 0. The first-order valence-corrected chi connectivity index (χ1v) is 8.72. The Morgan fingerprint density at radius 3 is 2.67 bits per heavy atom. The Hall–Kier alpha value is -2.68. The SMILES string of the molecule is NC1CCC(Oc2ccc(C(F)(F)F)c(-c3[nH]nc4ncccc34)n2)CC1.[HH].[HH]. The summed E-state index contributed by atoms with van der Waals surface area (Å²) in [5.41, 5.74) is 5.28. The lowest BCUT2D eigenvalue weighted by Gasteiger charge is -2.26. The van der Waals surface area contributed by atoms with Crippen LogP contribution in [0.25, 0.3) is 22.4 Å². The normalized spacial score (nSPS) is 20.7. The number of hydrogen-bond acceptors (Lipinski definition) is 5. The first kappa shape index (κ1) is 17.7. The summed E-state index contributed by atoms with van der Waals surface area (Å²) in [6, 6.07) is 5.71. The van der Waals surface area contributed by atoms with E-state index in [9.17, 15) is 13.2 Å². The number of aromatic amines is 1. The van der Waals surface area contributed by atoms with Crippen LogP contribution >= 0.6 is 0 Å². The van der Waals surface area contributed by atoms with Gasteiger partial charge in [-0.1, -0.05) is 0 Å². The van der Waals surface area contributed by atoms with Crippen molar-refractivity contribution in [2.45, 2.75) is 44.0 Å². The predicted octanol–water partition coefficient (Wildman–Crippen LogP) is 4.18. The van der Waals surface area contributed by atoms with Crippen molar-refractivity contribution < 1.29 is 20.8 Å². The molecule has 1 saturated carbocycles. The van der Waals surface area contributed by atoms with Gasteiger partial charge in [-0.2, -0.15) is 18.3 Å². The van der Waals surface area contributed by atoms with Crippen molar-refractivity contribution in [3.05, 3.63) is 36.0 Å². The van der Waals surface area contributed by atoms with Crippen LogP contribution in [0, 0.1) is 0 Å². The maximum absolute atomic E-state index is 13.5. The highest BCUT2D eigenvalue weighted by molar-refractivity contribution is 5.90. The van der Waals surface area contributed by atoms with Gasteiger partial charge >= 0.3 is 6.18 Å². The van der Waals surface area contributed by atoms with Gasteiger partial charge in [-0.05, 0) is 43.9 Å². The lowest BCUT2D eigenvalue weighted by molar-refractivity contribution is -0.137. The highest BCUT2D eigenvalue weighted by atomic mass is 19.4. The molecule has 4 rings (SSSR count). The molecule has 0 radical (unpaired) electrons. The molecule has 146 valence electrons. The Bertz CT molecular complexity index is 958. The molecule has 0 bridgehead atoms. The van der Waals surface area contributed by atoms with E-state index in [4.69, 9.17) is 10.5 Å². The number of alkyl halides is 3. The number of pyridine rings is 2. The zero-order valence-electron chi connectivity index (χ0n) is 14.3. The maximum atomic E-state index is 13.5. The lowest BCUT2D eigenvalue weighted by Crippen LogP contribution is -2.31. The lowest BCUT2D eigenvalue weighted by atomic mass is 9.94. The average molecular weight is 381 g/mol. The van der Waals surface area contributed by atoms with Crippen molar-refractivity contribution in [1.82, 2.24) is 20.2 Å². The van der Waals surface area contributed by atoms with Gasteiger partial charge < -0.3 is 10.5 Å². The summed E-state index contributed by atoms with van der Waals surface area (Å²) >= 11 is 0. The van der Waals surface area contributed by atoms with E-state index in [-0.39, 0.29) is 32.3 Å². The molecule has 0 saturated heterocycles. The van der Waals surface area contributed by atoms with Crippen LogP contribution in [0.1, 0.15) is 34.1 Å². The molecule has 1 aliphatic carbocycles. The summed E-state index contributed by atoms with van der Waals surface area (Å²) in [6.07, 6.45) is 0.0503. The number of aromatic nitrogens is 4. The number of rotatable bonds is 3. The van der Waals surface area contributed by atoms with Crippen molar-refractivity contribution in [2.24, 2.45) is 5.73 Å². The fraction of sp³-hybridized carbons (Fsp3) is 0.389. The topological polar surface area (TPSA) is 89.7 Å². The molecule has 3 aromatic heterocycles. The molecule has 0 unspecified atom stereocenters. The van der Waals surface area contributed by atoms with Crippen LogP contribution in [0.4, 0.5) is 13.2 Å². The Morgan fingerprint density at radius 1 is 1.15 bits per heavy atom. The van der Waals surface area contributed by atoms with Crippen LogP contribution in [0.2, 0.25) is 0 Å². The smallest absolute Gasteiger partial charge is 0.418 e. The molecule has 3 heterocycles. The quantitative estimate of drug-likeness (QED) is 0.710. The number of halogens is 3. The molecule has 1 fully saturated rings. The number of H-pyrrole nitrogens is 1. The van der Waals surface area contributed by atoms with Crippen LogP contribution in [0.5, 0.6) is 5.88 Å². The molecule has 9 heteroatoms. The number of nitrogens with one attached hydrogen (secondary N) is 1. The van der Waals surface area contributed by atoms with Gasteiger partial charge in [-0.3, -0.25) is 5.10 Å². The minimum atomic E-state index is -4.56. The summed E-state index contributed by atoms with van der Waals surface area (Å²) in [5, 5.41) is 7.07. The summed E-state index contributed by atoms with van der Waals surface area (Å²) < 4.78 is 46.4. The van der Waals surface area contributed by atoms with Gasteiger partial charge in [0.2, 0.25) is 5.88 Å². The summed E-state index contributed by atoms with van der Waals surface area (Å²) in [4.78, 5) is 8.22. The number of hydrogen-bond donors (Lipinski definition) is 2. The first-order valence-electron chi connectivity index (χ1n) is 8.72. The van der Waals surface area contributed by atoms with Gasteiger partial charge in [0.15, 0.2) is 5.65 Å². The van der Waals surface area contributed by atoms with Crippen molar-refractivity contribution in [3.8, 4) is 17.3 Å². The van der Waals surface area contributed by atoms with Crippen molar-refractivity contribution in [2.75, 3.05) is 0 Å². The van der Waals surface area contributed by atoms with Gasteiger partial charge in [0.1, 0.15) is 11.8 Å². The van der Waals surface area contributed by atoms with E-state index in [1.165, 1.54) is 12.3 Å². The van der Waals surface area contributed by atoms with E-state index in [0.29, 0.717) is 11.0 Å². The Balaban J connectivity index is 0.00000150. The van der Waals surface area contributed by atoms with Crippen molar-refractivity contribution in [1.29, 1.82) is 0 Å². The Labute approximate surface area is 155 Å². The van der Waals surface area contributed by atoms with E-state index in [1.807, 2.05) is 0 Å². The molecule has 0 amide bonds. The van der Waals surface area contributed by atoms with E-state index in [2.05, 4.69) is 20.2 Å². The zero-order valence-corrected chi connectivity index (χ0v) is 14.3. The number of fused-ring (bicyclic) bond motifs is 1. The summed E-state index contributed by atoms with van der Waals surface area (Å²) in [5.74, 6) is 0.158. The molecule has 0 spiro atoms. The molecule has 1 aliphatic rings. The zero-order chi connectivity index (χ0) is 19.0. The molecule has 6 nitrogen and oxygen atoms in total. The predicted molar refractivity (Wildman–Crippen MR) is 97.2 cm³/mol. The van der Waals surface area contributed by atoms with Crippen LogP contribution < -0.4 is 10.5 Å². The first-order chi connectivity index (χ1) is 12.9. The fourth-order valence-corrected chi connectivity index (χ4v) is 3.33. The van der Waals surface area contributed by atoms with Gasteiger partial charge in [0, 0.05) is 26.5 Å². The number of ether oxygens (including phenoxy) is 1. The Morgan fingerprint density at radius 2 is 1.93 bits per heavy atom. The molecular weight excluding hydrogens is 359 g/mol. The van der Waals surface area contributed by atoms with E-state index >= 15 is 0 Å². The largest absolute Gasteiger partial charge is 0.474 e. The number of nitrogens with two attached hydrogens (primary N) is 1. The second-order valence-corrected chi connectivity index (χ2v) is 6.67. The van der Waals surface area contributed by atoms with Gasteiger partial charge in [0.25, 0.3) is 0 Å². The van der Waals surface area contributed by atoms with Crippen LogP contribution in [0.15, 0.2) is 30.5 Å². The number of nitrogens with zero attached hydrogens (tertiary/aromatic N) is 3. The summed E-state index contributed by atoms with van der Waals surface area (Å²) in [6.45, 7) is 0. The highest BCUT2D eigenvalue weighted by Crippen LogP contribution is 2.38. The van der Waals surface area contributed by atoms with Gasteiger partial charge in [-0.15, -0.1) is 0 Å². The third-order valence-electron chi connectivity index (χ3n) is 4.75. The average Bonchev–Trinajstić information content (AvgIpc) is 3.07. The molecule has 0 aliphatic heterocycles. The minimum Gasteiger partial charge on any atom is -0.474 e. The molecule has 27 heavy (non-hydrogen) atoms. The van der Waals surface area contributed by atoms with Crippen molar-refractivity contribution >= 4 is 11.0 Å². The van der Waals surface area contributed by atoms with Crippen molar-refractivity contribution in [3.63, 3.8) is 0 Å². The van der Waals surface area contributed by atoms with Gasteiger partial charge in [0.05, 0.1) is 11.3 Å². The third kappa shape index (κ3) is 3.59. The standard InChI is InChI=1S/C18H18F3N5O.2H2/c19-18(20,21)13-7-8-14(27-11-5-3-10(22)4-6-11)24-16(13)15-12-2-1-9-23-17(12)26-25-15;;/h1-2,7-11H,3-6,22H2,(H,23,25,26);2*1H. The third-order valence-corrected chi connectivity index (χ3v) is 4.75. The second kappa shape index (κ2) is 6.80. The minimum absolute atomic E-state index is 0. The van der Waals surface area contributed by atoms with Crippen LogP contribution in [-0.2, 0) is 6.18 Å². The Kier molecular flexibility index (Phi) is 4.47. The van der Waals surface area contributed by atoms with Gasteiger partial charge in [-0.25, -0.2) is 9.97 Å².